The zero-order valence-electron chi connectivity index (χ0n) is 16.0. The van der Waals surface area contributed by atoms with E-state index in [9.17, 15) is 0 Å². The lowest BCUT2D eigenvalue weighted by molar-refractivity contribution is -0.203. The fourth-order valence-electron chi connectivity index (χ4n) is 4.51. The predicted octanol–water partition coefficient (Wildman–Crippen LogP) is 5.91. The van der Waals surface area contributed by atoms with Gasteiger partial charge in [0.1, 0.15) is 0 Å². The van der Waals surface area contributed by atoms with E-state index in [4.69, 9.17) is 9.16 Å². The van der Waals surface area contributed by atoms with Crippen LogP contribution in [-0.4, -0.2) is 25.6 Å². The topological polar surface area (TPSA) is 18.5 Å². The van der Waals surface area contributed by atoms with Crippen molar-refractivity contribution in [2.24, 2.45) is 0 Å². The summed E-state index contributed by atoms with van der Waals surface area (Å²) in [6, 6.07) is 0. The van der Waals surface area contributed by atoms with Crippen LogP contribution >= 0.6 is 0 Å². The Hall–Kier alpha value is 0.137. The van der Waals surface area contributed by atoms with Gasteiger partial charge in [0, 0.05) is 0 Å². The molecule has 2 nitrogen and oxygen atoms in total. The van der Waals surface area contributed by atoms with Crippen molar-refractivity contribution >= 4 is 8.32 Å². The van der Waals surface area contributed by atoms with Crippen molar-refractivity contribution in [2.75, 3.05) is 0 Å². The molecule has 1 aliphatic heterocycles. The molecule has 1 fully saturated rings. The van der Waals surface area contributed by atoms with Crippen LogP contribution in [0.15, 0.2) is 0 Å². The average Bonchev–Trinajstić information content (AvgIpc) is 2.24. The van der Waals surface area contributed by atoms with Crippen LogP contribution in [0.4, 0.5) is 0 Å². The summed E-state index contributed by atoms with van der Waals surface area (Å²) in [5.74, 6) is 0. The highest BCUT2D eigenvalue weighted by Crippen LogP contribution is 2.46. The summed E-state index contributed by atoms with van der Waals surface area (Å²) in [5, 5.41) is 0. The van der Waals surface area contributed by atoms with Crippen LogP contribution in [0, 0.1) is 0 Å². The van der Waals surface area contributed by atoms with E-state index in [0.29, 0.717) is 16.6 Å². The first-order valence-electron chi connectivity index (χ1n) is 8.73. The van der Waals surface area contributed by atoms with E-state index in [2.05, 4.69) is 69.2 Å². The number of hydrogen-bond acceptors (Lipinski definition) is 2. The molecule has 1 atom stereocenters. The second kappa shape index (κ2) is 6.33. The molecule has 3 heteroatoms. The molecule has 0 amide bonds. The number of hydrogen-bond donors (Lipinski definition) is 0. The molecular weight excluding hydrogens is 276 g/mol. The van der Waals surface area contributed by atoms with Crippen LogP contribution in [0.5, 0.6) is 0 Å². The first-order valence-corrected chi connectivity index (χ1v) is 10.9. The number of ether oxygens (including phenoxy) is 1. The summed E-state index contributed by atoms with van der Waals surface area (Å²) in [6.45, 7) is 22.9. The Morgan fingerprint density at radius 1 is 0.905 bits per heavy atom. The normalized spacial score (nSPS) is 25.9. The van der Waals surface area contributed by atoms with E-state index in [1.807, 2.05) is 0 Å². The average molecular weight is 315 g/mol. The summed E-state index contributed by atoms with van der Waals surface area (Å²) in [5.41, 5.74) is 1.66. The number of rotatable bonds is 5. The van der Waals surface area contributed by atoms with Crippen molar-refractivity contribution in [1.82, 2.24) is 0 Å². The van der Waals surface area contributed by atoms with Gasteiger partial charge < -0.3 is 9.16 Å². The Kier molecular flexibility index (Phi) is 5.78. The van der Waals surface area contributed by atoms with Crippen LogP contribution in [0.3, 0.4) is 0 Å². The van der Waals surface area contributed by atoms with Crippen molar-refractivity contribution in [3.63, 3.8) is 0 Å². The highest BCUT2D eigenvalue weighted by Gasteiger charge is 2.51. The highest BCUT2D eigenvalue weighted by atomic mass is 28.4. The first kappa shape index (κ1) is 19.2. The van der Waals surface area contributed by atoms with Crippen molar-refractivity contribution in [1.29, 1.82) is 0 Å². The third-order valence-electron chi connectivity index (χ3n) is 5.38. The van der Waals surface area contributed by atoms with Gasteiger partial charge in [-0.15, -0.1) is 0 Å². The lowest BCUT2D eigenvalue weighted by Crippen LogP contribution is -2.58. The van der Waals surface area contributed by atoms with Gasteiger partial charge in [0.25, 0.3) is 0 Å². The lowest BCUT2D eigenvalue weighted by atomic mass is 9.87. The van der Waals surface area contributed by atoms with Crippen molar-refractivity contribution in [3.8, 4) is 0 Å². The molecule has 0 aromatic heterocycles. The van der Waals surface area contributed by atoms with Crippen molar-refractivity contribution in [3.05, 3.63) is 0 Å². The Balaban J connectivity index is 3.05. The lowest BCUT2D eigenvalue weighted by Gasteiger charge is -2.52. The Bertz CT molecular complexity index is 323. The summed E-state index contributed by atoms with van der Waals surface area (Å²) in [6.07, 6.45) is 2.42. The maximum Gasteiger partial charge on any atom is 0.200 e. The second-order valence-electron chi connectivity index (χ2n) is 8.93. The summed E-state index contributed by atoms with van der Waals surface area (Å²) in [7, 11) is -1.83. The highest BCUT2D eigenvalue weighted by molar-refractivity contribution is 6.77. The van der Waals surface area contributed by atoms with Gasteiger partial charge in [-0.1, -0.05) is 41.5 Å². The standard InChI is InChI=1S/C18H38O2Si/c1-13(2)21(14(3)4,15(5)6)19-16-11-12-17(7,8)20-18(16,9)10/h13-16H,11-12H2,1-10H3/t16-/m1/s1. The molecule has 0 saturated carbocycles. The van der Waals surface area contributed by atoms with E-state index in [1.54, 1.807) is 0 Å². The Labute approximate surface area is 134 Å². The van der Waals surface area contributed by atoms with E-state index in [-0.39, 0.29) is 17.3 Å². The maximum atomic E-state index is 6.99. The predicted molar refractivity (Wildman–Crippen MR) is 94.4 cm³/mol. The molecule has 0 spiro atoms. The molecule has 1 saturated heterocycles. The van der Waals surface area contributed by atoms with Gasteiger partial charge >= 0.3 is 0 Å². The Morgan fingerprint density at radius 3 is 1.67 bits per heavy atom. The third-order valence-corrected chi connectivity index (χ3v) is 11.5. The molecule has 0 aromatic rings. The zero-order chi connectivity index (χ0) is 16.6. The van der Waals surface area contributed by atoms with Gasteiger partial charge in [0.15, 0.2) is 0 Å². The van der Waals surface area contributed by atoms with Gasteiger partial charge in [0.2, 0.25) is 8.32 Å². The first-order chi connectivity index (χ1) is 9.35. The molecule has 1 rings (SSSR count). The van der Waals surface area contributed by atoms with Crippen molar-refractivity contribution in [2.45, 2.75) is 116 Å². The van der Waals surface area contributed by atoms with Crippen LogP contribution < -0.4 is 0 Å². The minimum Gasteiger partial charge on any atom is -0.410 e. The molecule has 126 valence electrons. The maximum absolute atomic E-state index is 6.99. The largest absolute Gasteiger partial charge is 0.410 e. The molecule has 0 aliphatic carbocycles. The smallest absolute Gasteiger partial charge is 0.200 e. The van der Waals surface area contributed by atoms with Gasteiger partial charge in [-0.2, -0.15) is 0 Å². The zero-order valence-corrected chi connectivity index (χ0v) is 17.0. The van der Waals surface area contributed by atoms with Gasteiger partial charge in [-0.05, 0) is 57.2 Å². The van der Waals surface area contributed by atoms with E-state index < -0.39 is 8.32 Å². The van der Waals surface area contributed by atoms with Gasteiger partial charge in [-0.25, -0.2) is 0 Å². The molecule has 0 unspecified atom stereocenters. The second-order valence-corrected chi connectivity index (χ2v) is 14.3. The van der Waals surface area contributed by atoms with Crippen LogP contribution in [0.1, 0.15) is 82.1 Å². The van der Waals surface area contributed by atoms with E-state index in [1.165, 1.54) is 0 Å². The Morgan fingerprint density at radius 2 is 1.33 bits per heavy atom. The van der Waals surface area contributed by atoms with Crippen LogP contribution in [0.25, 0.3) is 0 Å². The molecule has 0 bridgehead atoms. The fraction of sp³-hybridized carbons (Fsp3) is 1.00. The van der Waals surface area contributed by atoms with Crippen LogP contribution in [-0.2, 0) is 9.16 Å². The van der Waals surface area contributed by atoms with Crippen molar-refractivity contribution < 1.29 is 9.16 Å². The summed E-state index contributed by atoms with van der Waals surface area (Å²) >= 11 is 0. The quantitative estimate of drug-likeness (QED) is 0.587. The molecule has 0 aromatic carbocycles. The molecule has 1 heterocycles. The monoisotopic (exact) mass is 314 g/mol. The minimum absolute atomic E-state index is 0.0267. The molecule has 1 aliphatic rings. The summed E-state index contributed by atoms with van der Waals surface area (Å²) < 4.78 is 13.3. The van der Waals surface area contributed by atoms with Gasteiger partial charge in [0.05, 0.1) is 17.3 Å². The SMILES string of the molecule is CC(C)[Si](O[C@@H]1CCC(C)(C)OC1(C)C)(C(C)C)C(C)C. The third kappa shape index (κ3) is 3.91. The fourth-order valence-corrected chi connectivity index (χ4v) is 10.2. The minimum atomic E-state index is -1.83. The molecule has 0 radical (unpaired) electrons. The van der Waals surface area contributed by atoms with E-state index in [0.717, 1.165) is 12.8 Å². The molecule has 21 heavy (non-hydrogen) atoms. The van der Waals surface area contributed by atoms with E-state index >= 15 is 0 Å². The van der Waals surface area contributed by atoms with Crippen LogP contribution in [0.2, 0.25) is 16.6 Å². The molecule has 0 N–H and O–H groups in total. The molecular formula is C18H38O2Si. The van der Waals surface area contributed by atoms with Gasteiger partial charge in [-0.3, -0.25) is 0 Å². The summed E-state index contributed by atoms with van der Waals surface area (Å²) in [4.78, 5) is 0.